The molecule has 7 nitrogen and oxygen atoms in total. The van der Waals surface area contributed by atoms with E-state index in [-0.39, 0.29) is 12.4 Å². The van der Waals surface area contributed by atoms with Crippen molar-refractivity contribution < 1.29 is 9.84 Å². The van der Waals surface area contributed by atoms with E-state index in [4.69, 9.17) is 16.3 Å². The molecule has 0 aliphatic carbocycles. The second-order valence-electron chi connectivity index (χ2n) is 5.52. The minimum atomic E-state index is 0.184. The molecule has 0 radical (unpaired) electrons. The van der Waals surface area contributed by atoms with Crippen LogP contribution in [0.4, 0.5) is 11.5 Å². The molecule has 130 valence electrons. The Balaban J connectivity index is 1.55. The summed E-state index contributed by atoms with van der Waals surface area (Å²) in [6, 6.07) is 17.5. The number of nitrogens with zero attached hydrogens (tertiary/aromatic N) is 4. The fourth-order valence-electron chi connectivity index (χ4n) is 2.39. The highest BCUT2D eigenvalue weighted by molar-refractivity contribution is 6.30. The van der Waals surface area contributed by atoms with Crippen LogP contribution in [0.3, 0.4) is 0 Å². The van der Waals surface area contributed by atoms with Gasteiger partial charge < -0.3 is 15.2 Å². The van der Waals surface area contributed by atoms with Gasteiger partial charge in [0.05, 0.1) is 0 Å². The van der Waals surface area contributed by atoms with Gasteiger partial charge in [-0.3, -0.25) is 0 Å². The molecule has 0 fully saturated rings. The molecule has 8 heteroatoms. The molecule has 0 saturated carbocycles. The van der Waals surface area contributed by atoms with Crippen LogP contribution in [-0.4, -0.2) is 24.9 Å². The minimum Gasteiger partial charge on any atom is -0.508 e. The third-order valence-corrected chi connectivity index (χ3v) is 3.86. The molecule has 0 bridgehead atoms. The number of hydrogen-bond donors (Lipinski definition) is 2. The Morgan fingerprint density at radius 1 is 1.04 bits per heavy atom. The molecule has 2 aromatic heterocycles. The van der Waals surface area contributed by atoms with Crippen LogP contribution in [0.2, 0.25) is 5.02 Å². The van der Waals surface area contributed by atoms with Crippen LogP contribution in [-0.2, 0) is 6.61 Å². The van der Waals surface area contributed by atoms with Gasteiger partial charge in [0.2, 0.25) is 0 Å². The van der Waals surface area contributed by atoms with Crippen molar-refractivity contribution in [3.63, 3.8) is 0 Å². The van der Waals surface area contributed by atoms with Gasteiger partial charge in [-0.25, -0.2) is 0 Å². The van der Waals surface area contributed by atoms with Crippen molar-refractivity contribution in [2.24, 2.45) is 0 Å². The number of aromatic nitrogens is 4. The van der Waals surface area contributed by atoms with Crippen LogP contribution >= 0.6 is 11.6 Å². The van der Waals surface area contributed by atoms with Gasteiger partial charge in [0, 0.05) is 10.7 Å². The Bertz CT molecular complexity index is 1050. The van der Waals surface area contributed by atoms with Crippen molar-refractivity contribution in [1.82, 2.24) is 19.8 Å². The largest absolute Gasteiger partial charge is 0.508 e. The third kappa shape index (κ3) is 3.52. The molecule has 0 aliphatic heterocycles. The van der Waals surface area contributed by atoms with E-state index in [9.17, 15) is 5.11 Å². The van der Waals surface area contributed by atoms with Crippen molar-refractivity contribution in [3.8, 4) is 11.5 Å². The number of ether oxygens (including phenoxy) is 1. The normalized spacial score (nSPS) is 10.8. The molecule has 0 atom stereocenters. The van der Waals surface area contributed by atoms with Gasteiger partial charge in [0.15, 0.2) is 17.3 Å². The van der Waals surface area contributed by atoms with E-state index >= 15 is 0 Å². The van der Waals surface area contributed by atoms with Crippen molar-refractivity contribution in [2.45, 2.75) is 6.61 Å². The second-order valence-corrected chi connectivity index (χ2v) is 5.96. The minimum absolute atomic E-state index is 0.184. The predicted octanol–water partition coefficient (Wildman–Crippen LogP) is 3.81. The van der Waals surface area contributed by atoms with Crippen molar-refractivity contribution in [2.75, 3.05) is 5.32 Å². The molecule has 2 heterocycles. The number of benzene rings is 2. The first kappa shape index (κ1) is 16.2. The number of halogens is 1. The molecule has 26 heavy (non-hydrogen) atoms. The summed E-state index contributed by atoms with van der Waals surface area (Å²) in [5.41, 5.74) is 1.45. The summed E-state index contributed by atoms with van der Waals surface area (Å²) in [4.78, 5) is 0. The van der Waals surface area contributed by atoms with Gasteiger partial charge in [0.25, 0.3) is 0 Å². The highest BCUT2D eigenvalue weighted by Gasteiger charge is 2.09. The Morgan fingerprint density at radius 3 is 2.69 bits per heavy atom. The van der Waals surface area contributed by atoms with E-state index in [0.29, 0.717) is 28.1 Å². The number of phenolic OH excluding ortho intramolecular Hbond substituents is 1. The number of nitrogens with one attached hydrogen (secondary N) is 1. The topological polar surface area (TPSA) is 84.6 Å². The number of aromatic hydroxyl groups is 1. The zero-order chi connectivity index (χ0) is 17.9. The monoisotopic (exact) mass is 367 g/mol. The van der Waals surface area contributed by atoms with Gasteiger partial charge in [-0.2, -0.15) is 4.52 Å². The summed E-state index contributed by atoms with van der Waals surface area (Å²) < 4.78 is 7.29. The van der Waals surface area contributed by atoms with Crippen LogP contribution in [0.5, 0.6) is 11.5 Å². The summed E-state index contributed by atoms with van der Waals surface area (Å²) in [6.45, 7) is 0.194. The van der Waals surface area contributed by atoms with E-state index in [1.54, 1.807) is 28.8 Å². The average molecular weight is 368 g/mol. The highest BCUT2D eigenvalue weighted by Crippen LogP contribution is 2.20. The lowest BCUT2D eigenvalue weighted by molar-refractivity contribution is 0.292. The van der Waals surface area contributed by atoms with Crippen LogP contribution in [0, 0.1) is 0 Å². The standard InChI is InChI=1S/C18H14ClN5O2/c19-12-2-1-3-13(10-12)20-16-8-9-17-21-22-18(24(17)23-16)11-26-15-6-4-14(25)5-7-15/h1-10,25H,11H2,(H,20,23). The van der Waals surface area contributed by atoms with E-state index in [1.165, 1.54) is 0 Å². The average Bonchev–Trinajstić information content (AvgIpc) is 3.04. The number of fused-ring (bicyclic) bond motifs is 1. The SMILES string of the molecule is Oc1ccc(OCc2nnc3ccc(Nc4cccc(Cl)c4)nn23)cc1. The van der Waals surface area contributed by atoms with Crippen molar-refractivity contribution >= 4 is 28.8 Å². The first-order valence-corrected chi connectivity index (χ1v) is 8.21. The molecule has 0 amide bonds. The fraction of sp³-hybridized carbons (Fsp3) is 0.0556. The Hall–Kier alpha value is -3.32. The summed E-state index contributed by atoms with van der Waals surface area (Å²) in [7, 11) is 0. The van der Waals surface area contributed by atoms with Crippen LogP contribution in [0.1, 0.15) is 5.82 Å². The zero-order valence-electron chi connectivity index (χ0n) is 13.5. The lowest BCUT2D eigenvalue weighted by Crippen LogP contribution is -2.05. The molecule has 2 aromatic carbocycles. The molecule has 0 aliphatic rings. The smallest absolute Gasteiger partial charge is 0.192 e. The summed E-state index contributed by atoms with van der Waals surface area (Å²) in [5.74, 6) is 1.99. The number of rotatable bonds is 5. The maximum Gasteiger partial charge on any atom is 0.192 e. The molecular formula is C18H14ClN5O2. The van der Waals surface area contributed by atoms with Gasteiger partial charge >= 0.3 is 0 Å². The van der Waals surface area contributed by atoms with Crippen molar-refractivity contribution in [1.29, 1.82) is 0 Å². The molecule has 0 unspecified atom stereocenters. The highest BCUT2D eigenvalue weighted by atomic mass is 35.5. The molecule has 0 spiro atoms. The second kappa shape index (κ2) is 6.89. The lowest BCUT2D eigenvalue weighted by atomic mass is 10.3. The van der Waals surface area contributed by atoms with E-state index in [2.05, 4.69) is 20.6 Å². The maximum absolute atomic E-state index is 9.31. The number of hydrogen-bond acceptors (Lipinski definition) is 6. The van der Waals surface area contributed by atoms with Gasteiger partial charge in [-0.1, -0.05) is 17.7 Å². The van der Waals surface area contributed by atoms with E-state index in [1.807, 2.05) is 36.4 Å². The van der Waals surface area contributed by atoms with Gasteiger partial charge in [-0.05, 0) is 54.6 Å². The molecule has 0 saturated heterocycles. The molecule has 4 rings (SSSR count). The lowest BCUT2D eigenvalue weighted by Gasteiger charge is -2.07. The third-order valence-electron chi connectivity index (χ3n) is 3.63. The first-order valence-electron chi connectivity index (χ1n) is 7.83. The summed E-state index contributed by atoms with van der Waals surface area (Å²) >= 11 is 6.01. The summed E-state index contributed by atoms with van der Waals surface area (Å²) in [6.07, 6.45) is 0. The van der Waals surface area contributed by atoms with Gasteiger partial charge in [0.1, 0.15) is 18.1 Å². The predicted molar refractivity (Wildman–Crippen MR) is 98.0 cm³/mol. The maximum atomic E-state index is 9.31. The number of anilines is 2. The van der Waals surface area contributed by atoms with Crippen LogP contribution in [0.15, 0.2) is 60.7 Å². The van der Waals surface area contributed by atoms with Crippen molar-refractivity contribution in [3.05, 3.63) is 71.5 Å². The quantitative estimate of drug-likeness (QED) is 0.558. The molecular weight excluding hydrogens is 354 g/mol. The molecule has 4 aromatic rings. The van der Waals surface area contributed by atoms with Gasteiger partial charge in [-0.15, -0.1) is 15.3 Å². The zero-order valence-corrected chi connectivity index (χ0v) is 14.3. The Labute approximate surface area is 153 Å². The Kier molecular flexibility index (Phi) is 4.28. The Morgan fingerprint density at radius 2 is 1.88 bits per heavy atom. The first-order chi connectivity index (χ1) is 12.7. The number of phenols is 1. The fourth-order valence-corrected chi connectivity index (χ4v) is 2.58. The van der Waals surface area contributed by atoms with Crippen LogP contribution in [0.25, 0.3) is 5.65 Å². The van der Waals surface area contributed by atoms with E-state index < -0.39 is 0 Å². The van der Waals surface area contributed by atoms with Crippen LogP contribution < -0.4 is 10.1 Å². The summed E-state index contributed by atoms with van der Waals surface area (Å²) in [5, 5.41) is 25.9. The van der Waals surface area contributed by atoms with E-state index in [0.717, 1.165) is 5.69 Å². The molecule has 2 N–H and O–H groups in total.